The number of nitrogens with one attached hydrogen (secondary N) is 1. The van der Waals surface area contributed by atoms with Crippen LogP contribution in [-0.2, 0) is 13.0 Å². The first-order chi connectivity index (χ1) is 13.7. The fraction of sp³-hybridized carbons (Fsp3) is 0.476. The number of rotatable bonds is 3. The summed E-state index contributed by atoms with van der Waals surface area (Å²) >= 11 is 0. The van der Waals surface area contributed by atoms with Crippen molar-refractivity contribution in [3.05, 3.63) is 47.8 Å². The van der Waals surface area contributed by atoms with Gasteiger partial charge in [0.25, 0.3) is 0 Å². The Labute approximate surface area is 167 Å². The summed E-state index contributed by atoms with van der Waals surface area (Å²) in [5.41, 5.74) is 4.14. The Hall–Kier alpha value is -2.83. The van der Waals surface area contributed by atoms with Crippen molar-refractivity contribution in [3.63, 3.8) is 0 Å². The fourth-order valence-corrected chi connectivity index (χ4v) is 4.03. The molecule has 4 rings (SSSR count). The van der Waals surface area contributed by atoms with Gasteiger partial charge in [0, 0.05) is 71.4 Å². The monoisotopic (exact) mass is 379 g/mol. The molecule has 0 unspecified atom stereocenters. The summed E-state index contributed by atoms with van der Waals surface area (Å²) < 4.78 is 0. The molecule has 0 atom stereocenters. The number of aliphatic imine (C=N–C) groups is 1. The van der Waals surface area contributed by atoms with Gasteiger partial charge in [0.1, 0.15) is 0 Å². The highest BCUT2D eigenvalue weighted by atomic mass is 15.4. The maximum Gasteiger partial charge on any atom is 0.225 e. The molecule has 2 aromatic rings. The summed E-state index contributed by atoms with van der Waals surface area (Å²) in [6.07, 6.45) is 6.00. The molecule has 1 fully saturated rings. The number of aromatic nitrogens is 2. The van der Waals surface area contributed by atoms with Crippen LogP contribution in [0.1, 0.15) is 17.5 Å². The lowest BCUT2D eigenvalue weighted by Crippen LogP contribution is -2.52. The second-order valence-electron chi connectivity index (χ2n) is 7.41. The van der Waals surface area contributed by atoms with E-state index >= 15 is 0 Å². The van der Waals surface area contributed by atoms with Crippen LogP contribution in [0.2, 0.25) is 0 Å². The molecule has 2 aliphatic heterocycles. The number of hydrogen-bond donors (Lipinski definition) is 1. The van der Waals surface area contributed by atoms with Crippen molar-refractivity contribution in [2.45, 2.75) is 19.4 Å². The first kappa shape index (κ1) is 18.5. The fourth-order valence-electron chi connectivity index (χ4n) is 4.03. The molecule has 0 amide bonds. The summed E-state index contributed by atoms with van der Waals surface area (Å²) in [6, 6.07) is 8.68. The van der Waals surface area contributed by atoms with E-state index in [1.807, 2.05) is 13.1 Å². The Morgan fingerprint density at radius 2 is 1.89 bits per heavy atom. The van der Waals surface area contributed by atoms with Gasteiger partial charge in [-0.1, -0.05) is 12.1 Å². The van der Waals surface area contributed by atoms with E-state index in [0.29, 0.717) is 0 Å². The molecule has 1 aromatic carbocycles. The van der Waals surface area contributed by atoms with Gasteiger partial charge in [-0.25, -0.2) is 9.97 Å². The number of fused-ring (bicyclic) bond motifs is 1. The summed E-state index contributed by atoms with van der Waals surface area (Å²) in [4.78, 5) is 20.1. The molecular formula is C21H29N7. The van der Waals surface area contributed by atoms with Gasteiger partial charge in [0.2, 0.25) is 5.95 Å². The predicted molar refractivity (Wildman–Crippen MR) is 114 cm³/mol. The van der Waals surface area contributed by atoms with Crippen molar-refractivity contribution in [2.24, 2.45) is 4.99 Å². The van der Waals surface area contributed by atoms with Gasteiger partial charge >= 0.3 is 0 Å². The highest BCUT2D eigenvalue weighted by Crippen LogP contribution is 2.26. The lowest BCUT2D eigenvalue weighted by atomic mass is 9.99. The summed E-state index contributed by atoms with van der Waals surface area (Å²) in [6.45, 7) is 5.56. The zero-order chi connectivity index (χ0) is 19.3. The number of piperazine rings is 1. The number of guanidine groups is 1. The molecule has 28 heavy (non-hydrogen) atoms. The molecule has 2 aliphatic rings. The molecule has 0 radical (unpaired) electrons. The minimum atomic E-state index is 0.797. The minimum absolute atomic E-state index is 0.797. The summed E-state index contributed by atoms with van der Waals surface area (Å²) in [5, 5.41) is 3.54. The van der Waals surface area contributed by atoms with Crippen molar-refractivity contribution in [3.8, 4) is 0 Å². The van der Waals surface area contributed by atoms with Crippen molar-refractivity contribution in [1.82, 2.24) is 20.2 Å². The molecule has 7 heteroatoms. The van der Waals surface area contributed by atoms with E-state index in [2.05, 4.69) is 60.2 Å². The number of nitrogens with zero attached hydrogens (tertiary/aromatic N) is 6. The molecule has 7 nitrogen and oxygen atoms in total. The molecule has 1 saturated heterocycles. The molecule has 0 aliphatic carbocycles. The maximum absolute atomic E-state index is 4.50. The van der Waals surface area contributed by atoms with Crippen LogP contribution in [0.3, 0.4) is 0 Å². The van der Waals surface area contributed by atoms with E-state index in [9.17, 15) is 0 Å². The largest absolute Gasteiger partial charge is 0.374 e. The minimum Gasteiger partial charge on any atom is -0.374 e. The summed E-state index contributed by atoms with van der Waals surface area (Å²) in [5.74, 6) is 1.77. The van der Waals surface area contributed by atoms with Crippen molar-refractivity contribution in [2.75, 3.05) is 56.6 Å². The van der Waals surface area contributed by atoms with Gasteiger partial charge in [-0.3, -0.25) is 4.99 Å². The number of benzene rings is 1. The predicted octanol–water partition coefficient (Wildman–Crippen LogP) is 1.76. The van der Waals surface area contributed by atoms with Gasteiger partial charge < -0.3 is 20.0 Å². The highest BCUT2D eigenvalue weighted by Gasteiger charge is 2.21. The van der Waals surface area contributed by atoms with Gasteiger partial charge in [-0.2, -0.15) is 0 Å². The van der Waals surface area contributed by atoms with Gasteiger partial charge in [0.15, 0.2) is 5.96 Å². The van der Waals surface area contributed by atoms with E-state index < -0.39 is 0 Å². The Balaban J connectivity index is 1.33. The van der Waals surface area contributed by atoms with Crippen molar-refractivity contribution in [1.29, 1.82) is 0 Å². The Morgan fingerprint density at radius 3 is 2.64 bits per heavy atom. The first-order valence-corrected chi connectivity index (χ1v) is 10.0. The van der Waals surface area contributed by atoms with Crippen molar-refractivity contribution >= 4 is 17.6 Å². The van der Waals surface area contributed by atoms with Crippen LogP contribution in [0.25, 0.3) is 0 Å². The normalized spacial score (nSPS) is 17.5. The van der Waals surface area contributed by atoms with Crippen LogP contribution in [0, 0.1) is 0 Å². The van der Waals surface area contributed by atoms with E-state index in [1.165, 1.54) is 29.7 Å². The number of aryl methyl sites for hydroxylation is 1. The number of hydrogen-bond acceptors (Lipinski definition) is 5. The third-order valence-corrected chi connectivity index (χ3v) is 5.57. The van der Waals surface area contributed by atoms with Crippen LogP contribution < -0.4 is 15.1 Å². The van der Waals surface area contributed by atoms with Gasteiger partial charge in [-0.05, 0) is 36.1 Å². The second kappa shape index (κ2) is 8.46. The molecule has 1 aromatic heterocycles. The molecular weight excluding hydrogens is 350 g/mol. The third-order valence-electron chi connectivity index (χ3n) is 5.57. The topological polar surface area (TPSA) is 59.9 Å². The van der Waals surface area contributed by atoms with Gasteiger partial charge in [-0.15, -0.1) is 0 Å². The molecule has 0 bridgehead atoms. The third kappa shape index (κ3) is 4.03. The zero-order valence-electron chi connectivity index (χ0n) is 16.8. The van der Waals surface area contributed by atoms with Gasteiger partial charge in [0.05, 0.1) is 0 Å². The Bertz CT molecular complexity index is 813. The molecule has 148 valence electrons. The van der Waals surface area contributed by atoms with Crippen LogP contribution in [-0.4, -0.2) is 67.6 Å². The Morgan fingerprint density at radius 1 is 1.11 bits per heavy atom. The second-order valence-corrected chi connectivity index (χ2v) is 7.41. The number of anilines is 2. The van der Waals surface area contributed by atoms with Crippen molar-refractivity contribution < 1.29 is 0 Å². The summed E-state index contributed by atoms with van der Waals surface area (Å²) in [7, 11) is 4.04. The van der Waals surface area contributed by atoms with E-state index in [4.69, 9.17) is 0 Å². The lowest BCUT2D eigenvalue weighted by Gasteiger charge is -2.36. The average molecular weight is 380 g/mol. The van der Waals surface area contributed by atoms with Crippen LogP contribution in [0.5, 0.6) is 0 Å². The first-order valence-electron chi connectivity index (χ1n) is 10.0. The van der Waals surface area contributed by atoms with E-state index in [0.717, 1.165) is 51.2 Å². The van der Waals surface area contributed by atoms with Crippen LogP contribution in [0.15, 0.2) is 41.7 Å². The standard InChI is InChI=1S/C21H29N7/c1-22-20(27-11-13-28(14-12-27)21-23-8-4-9-24-21)25-16-17-6-7-19-18(15-17)5-3-10-26(19)2/h4,6-9,15H,3,5,10-14,16H2,1-2H3,(H,22,25). The highest BCUT2D eigenvalue weighted by molar-refractivity contribution is 5.80. The van der Waals surface area contributed by atoms with Crippen LogP contribution >= 0.6 is 0 Å². The molecule has 0 spiro atoms. The average Bonchev–Trinajstić information content (AvgIpc) is 2.75. The maximum atomic E-state index is 4.50. The zero-order valence-corrected chi connectivity index (χ0v) is 16.8. The van der Waals surface area contributed by atoms with E-state index in [1.54, 1.807) is 12.4 Å². The smallest absolute Gasteiger partial charge is 0.225 e. The SMILES string of the molecule is CN=C(NCc1ccc2c(c1)CCCN2C)N1CCN(c2ncccn2)CC1. The van der Waals surface area contributed by atoms with E-state index in [-0.39, 0.29) is 0 Å². The molecule has 3 heterocycles. The molecule has 0 saturated carbocycles. The quantitative estimate of drug-likeness (QED) is 0.648. The van der Waals surface area contributed by atoms with Crippen LogP contribution in [0.4, 0.5) is 11.6 Å². The lowest BCUT2D eigenvalue weighted by molar-refractivity contribution is 0.370. The Kier molecular flexibility index (Phi) is 5.60. The molecule has 1 N–H and O–H groups in total.